The number of nitriles is 1. The highest BCUT2D eigenvalue weighted by molar-refractivity contribution is 5.84. The van der Waals surface area contributed by atoms with Crippen molar-refractivity contribution in [1.29, 1.82) is 5.26 Å². The van der Waals surface area contributed by atoms with Gasteiger partial charge in [0.1, 0.15) is 17.6 Å². The van der Waals surface area contributed by atoms with Crippen LogP contribution in [0.4, 0.5) is 5.82 Å². The third kappa shape index (κ3) is 2.85. The second-order valence-electron chi connectivity index (χ2n) is 6.70. The molecule has 3 aromatic rings. The number of hydrogen-bond acceptors (Lipinski definition) is 7. The molecule has 4 N–H and O–H groups in total. The lowest BCUT2D eigenvalue weighted by atomic mass is 9.91. The van der Waals surface area contributed by atoms with Crippen LogP contribution in [0.3, 0.4) is 0 Å². The molecule has 0 atom stereocenters. The molecule has 1 saturated carbocycles. The van der Waals surface area contributed by atoms with Gasteiger partial charge in [-0.2, -0.15) is 5.26 Å². The molecule has 1 aromatic carbocycles. The van der Waals surface area contributed by atoms with Crippen LogP contribution in [0.25, 0.3) is 16.9 Å². The van der Waals surface area contributed by atoms with Gasteiger partial charge in [0.25, 0.3) is 0 Å². The van der Waals surface area contributed by atoms with Gasteiger partial charge >= 0.3 is 5.69 Å². The summed E-state index contributed by atoms with van der Waals surface area (Å²) >= 11 is 0. The maximum Gasteiger partial charge on any atom is 0.335 e. The second kappa shape index (κ2) is 6.64. The molecule has 0 bridgehead atoms. The second-order valence-corrected chi connectivity index (χ2v) is 6.70. The van der Waals surface area contributed by atoms with Crippen molar-refractivity contribution in [1.82, 2.24) is 24.4 Å². The Hall–Kier alpha value is -3.54. The fourth-order valence-electron chi connectivity index (χ4n) is 3.81. The SMILES string of the molecule is N#CNC1CCC(n2c(=O)n(-c3ccc(O)cc3)c3c(N)ncnc32)CC1. The zero-order valence-corrected chi connectivity index (χ0v) is 14.5. The molecular formula is C18H19N7O2. The Kier molecular flexibility index (Phi) is 4.16. The maximum absolute atomic E-state index is 13.3. The van der Waals surface area contributed by atoms with Gasteiger partial charge in [-0.05, 0) is 49.9 Å². The number of rotatable bonds is 3. The molecule has 1 fully saturated rings. The lowest BCUT2D eigenvalue weighted by Gasteiger charge is -2.28. The number of phenolic OH excluding ortho intramolecular Hbond substituents is 1. The Morgan fingerprint density at radius 1 is 1.19 bits per heavy atom. The Balaban J connectivity index is 1.84. The first kappa shape index (κ1) is 16.9. The molecule has 2 aromatic heterocycles. The van der Waals surface area contributed by atoms with Crippen molar-refractivity contribution in [3.05, 3.63) is 41.1 Å². The summed E-state index contributed by atoms with van der Waals surface area (Å²) in [4.78, 5) is 21.7. The summed E-state index contributed by atoms with van der Waals surface area (Å²) in [6.45, 7) is 0. The van der Waals surface area contributed by atoms with Gasteiger partial charge in [-0.1, -0.05) is 0 Å². The normalized spacial score (nSPS) is 19.7. The molecular weight excluding hydrogens is 346 g/mol. The molecule has 1 aliphatic rings. The molecule has 9 nitrogen and oxygen atoms in total. The Morgan fingerprint density at radius 2 is 1.89 bits per heavy atom. The number of fused-ring (bicyclic) bond motifs is 1. The molecule has 27 heavy (non-hydrogen) atoms. The van der Waals surface area contributed by atoms with E-state index in [0.29, 0.717) is 16.9 Å². The molecule has 4 rings (SSSR count). The number of nitrogens with one attached hydrogen (secondary N) is 1. The monoisotopic (exact) mass is 365 g/mol. The number of phenols is 1. The van der Waals surface area contributed by atoms with Gasteiger partial charge in [0.15, 0.2) is 17.7 Å². The Labute approximate surface area is 154 Å². The minimum atomic E-state index is -0.236. The Bertz CT molecular complexity index is 1070. The number of aromatic hydroxyl groups is 1. The minimum absolute atomic E-state index is 0.0237. The predicted octanol–water partition coefficient (Wildman–Crippen LogP) is 1.42. The number of nitrogen functional groups attached to an aromatic ring is 1. The first-order valence-electron chi connectivity index (χ1n) is 8.77. The van der Waals surface area contributed by atoms with Crippen molar-refractivity contribution in [2.45, 2.75) is 37.8 Å². The third-order valence-corrected chi connectivity index (χ3v) is 5.12. The highest BCUT2D eigenvalue weighted by Gasteiger charge is 2.28. The molecule has 0 unspecified atom stereocenters. The van der Waals surface area contributed by atoms with E-state index >= 15 is 0 Å². The topological polar surface area (TPSA) is 135 Å². The van der Waals surface area contributed by atoms with E-state index in [1.54, 1.807) is 16.7 Å². The predicted molar refractivity (Wildman–Crippen MR) is 99.2 cm³/mol. The smallest absolute Gasteiger partial charge is 0.335 e. The number of benzene rings is 1. The van der Waals surface area contributed by atoms with Crippen LogP contribution in [-0.2, 0) is 0 Å². The standard InChI is InChI=1S/C18H19N7O2/c19-9-21-11-1-3-13(4-2-11)25-17-15(16(20)22-10-23-17)24(18(25)27)12-5-7-14(26)8-6-12/h5-8,10-11,13,21,26H,1-4H2,(H2,20,22,23). The van der Waals surface area contributed by atoms with Gasteiger partial charge in [0.2, 0.25) is 0 Å². The van der Waals surface area contributed by atoms with Crippen molar-refractivity contribution < 1.29 is 5.11 Å². The zero-order chi connectivity index (χ0) is 19.0. The van der Waals surface area contributed by atoms with Gasteiger partial charge in [0, 0.05) is 12.1 Å². The molecule has 0 saturated heterocycles. The lowest BCUT2D eigenvalue weighted by molar-refractivity contribution is 0.306. The number of hydrogen-bond donors (Lipinski definition) is 3. The van der Waals surface area contributed by atoms with E-state index in [0.717, 1.165) is 25.7 Å². The molecule has 0 radical (unpaired) electrons. The average Bonchev–Trinajstić information content (AvgIpc) is 2.97. The number of nitrogens with zero attached hydrogens (tertiary/aromatic N) is 5. The van der Waals surface area contributed by atoms with Crippen molar-refractivity contribution in [3.8, 4) is 17.6 Å². The largest absolute Gasteiger partial charge is 0.508 e. The minimum Gasteiger partial charge on any atom is -0.508 e. The quantitative estimate of drug-likeness (QED) is 0.472. The van der Waals surface area contributed by atoms with Gasteiger partial charge in [-0.25, -0.2) is 14.8 Å². The van der Waals surface area contributed by atoms with Crippen molar-refractivity contribution >= 4 is 17.0 Å². The molecule has 0 spiro atoms. The van der Waals surface area contributed by atoms with E-state index in [-0.39, 0.29) is 29.3 Å². The summed E-state index contributed by atoms with van der Waals surface area (Å²) in [5, 5.41) is 21.1. The molecule has 138 valence electrons. The molecule has 2 heterocycles. The summed E-state index contributed by atoms with van der Waals surface area (Å²) in [5.74, 6) is 0.340. The highest BCUT2D eigenvalue weighted by Crippen LogP contribution is 2.31. The van der Waals surface area contributed by atoms with E-state index in [9.17, 15) is 9.90 Å². The van der Waals surface area contributed by atoms with Gasteiger partial charge in [0.05, 0.1) is 5.69 Å². The molecule has 0 aliphatic heterocycles. The highest BCUT2D eigenvalue weighted by atomic mass is 16.3. The number of nitrogens with two attached hydrogens (primary N) is 1. The Morgan fingerprint density at radius 3 is 2.56 bits per heavy atom. The fourth-order valence-corrected chi connectivity index (χ4v) is 3.81. The summed E-state index contributed by atoms with van der Waals surface area (Å²) in [6.07, 6.45) is 6.48. The van der Waals surface area contributed by atoms with Crippen LogP contribution in [-0.4, -0.2) is 30.3 Å². The summed E-state index contributed by atoms with van der Waals surface area (Å²) in [6, 6.07) is 6.46. The number of anilines is 1. The van der Waals surface area contributed by atoms with Crippen LogP contribution >= 0.6 is 0 Å². The summed E-state index contributed by atoms with van der Waals surface area (Å²) in [7, 11) is 0. The van der Waals surface area contributed by atoms with Crippen LogP contribution in [0.2, 0.25) is 0 Å². The van der Waals surface area contributed by atoms with E-state index in [1.165, 1.54) is 23.0 Å². The van der Waals surface area contributed by atoms with Gasteiger partial charge in [-0.15, -0.1) is 0 Å². The van der Waals surface area contributed by atoms with Crippen LogP contribution in [0.1, 0.15) is 31.7 Å². The fraction of sp³-hybridized carbons (Fsp3) is 0.333. The average molecular weight is 365 g/mol. The van der Waals surface area contributed by atoms with Crippen molar-refractivity contribution in [3.63, 3.8) is 0 Å². The molecule has 0 amide bonds. The van der Waals surface area contributed by atoms with Gasteiger partial charge < -0.3 is 16.2 Å². The summed E-state index contributed by atoms with van der Waals surface area (Å²) in [5.41, 5.74) is 7.39. The van der Waals surface area contributed by atoms with Crippen LogP contribution in [0, 0.1) is 11.5 Å². The van der Waals surface area contributed by atoms with Gasteiger partial charge in [-0.3, -0.25) is 9.13 Å². The van der Waals surface area contributed by atoms with E-state index < -0.39 is 0 Å². The van der Waals surface area contributed by atoms with Crippen molar-refractivity contribution in [2.24, 2.45) is 0 Å². The summed E-state index contributed by atoms with van der Waals surface area (Å²) < 4.78 is 3.17. The maximum atomic E-state index is 13.3. The first-order valence-corrected chi connectivity index (χ1v) is 8.77. The lowest BCUT2D eigenvalue weighted by Crippen LogP contribution is -2.34. The number of aromatic nitrogens is 4. The number of imidazole rings is 1. The van der Waals surface area contributed by atoms with Crippen LogP contribution < -0.4 is 16.7 Å². The zero-order valence-electron chi connectivity index (χ0n) is 14.5. The molecule has 1 aliphatic carbocycles. The van der Waals surface area contributed by atoms with E-state index in [2.05, 4.69) is 15.3 Å². The van der Waals surface area contributed by atoms with E-state index in [4.69, 9.17) is 11.0 Å². The third-order valence-electron chi connectivity index (χ3n) is 5.12. The van der Waals surface area contributed by atoms with Crippen molar-refractivity contribution in [2.75, 3.05) is 5.73 Å². The van der Waals surface area contributed by atoms with E-state index in [1.807, 2.05) is 6.19 Å². The van der Waals surface area contributed by atoms with Crippen LogP contribution in [0.15, 0.2) is 35.4 Å². The first-order chi connectivity index (χ1) is 13.1. The molecule has 9 heteroatoms. The van der Waals surface area contributed by atoms with Crippen LogP contribution in [0.5, 0.6) is 5.75 Å².